The van der Waals surface area contributed by atoms with Crippen LogP contribution in [0.1, 0.15) is 17.3 Å². The number of aromatic nitrogens is 2. The van der Waals surface area contributed by atoms with Gasteiger partial charge in [0, 0.05) is 21.2 Å². The fourth-order valence-electron chi connectivity index (χ4n) is 3.15. The van der Waals surface area contributed by atoms with Crippen LogP contribution in [0.25, 0.3) is 22.4 Å². The molecule has 0 atom stereocenters. The second-order valence-corrected chi connectivity index (χ2v) is 9.08. The Morgan fingerprint density at radius 3 is 1.87 bits per heavy atom. The fourth-order valence-corrected chi connectivity index (χ4v) is 3.40. The molecule has 2 aromatic carbocycles. The van der Waals surface area contributed by atoms with Crippen LogP contribution < -0.4 is 29.5 Å². The van der Waals surface area contributed by atoms with Crippen LogP contribution in [0, 0.1) is 0 Å². The van der Waals surface area contributed by atoms with Gasteiger partial charge < -0.3 is 28.5 Å². The summed E-state index contributed by atoms with van der Waals surface area (Å²) in [5.41, 5.74) is 2.27. The first-order valence-corrected chi connectivity index (χ1v) is 10.3. The molecular formula is C23H24Cl2IN3O2. The van der Waals surface area contributed by atoms with Crippen molar-refractivity contribution in [3.63, 3.8) is 0 Å². The van der Waals surface area contributed by atoms with Gasteiger partial charge >= 0.3 is 0 Å². The van der Waals surface area contributed by atoms with Gasteiger partial charge in [0.25, 0.3) is 5.56 Å². The number of nitrogens with zero attached hydrogens (tertiary/aromatic N) is 3. The molecule has 0 saturated heterocycles. The van der Waals surface area contributed by atoms with Crippen LogP contribution in [0.3, 0.4) is 0 Å². The van der Waals surface area contributed by atoms with Crippen molar-refractivity contribution in [1.82, 2.24) is 9.78 Å². The Labute approximate surface area is 209 Å². The van der Waals surface area contributed by atoms with Crippen LogP contribution in [0.5, 0.6) is 0 Å². The first-order chi connectivity index (χ1) is 14.1. The van der Waals surface area contributed by atoms with E-state index < -0.39 is 5.56 Å². The Morgan fingerprint density at radius 1 is 0.935 bits per heavy atom. The Bertz CT molecular complexity index is 1140. The molecule has 0 aliphatic heterocycles. The maximum atomic E-state index is 13.3. The molecule has 0 aliphatic carbocycles. The maximum Gasteiger partial charge on any atom is 0.278 e. The molecule has 3 aromatic rings. The largest absolute Gasteiger partial charge is 1.00 e. The quantitative estimate of drug-likeness (QED) is 0.258. The van der Waals surface area contributed by atoms with Gasteiger partial charge in [0.1, 0.15) is 0 Å². The van der Waals surface area contributed by atoms with Crippen molar-refractivity contribution in [3.8, 4) is 22.4 Å². The van der Waals surface area contributed by atoms with E-state index >= 15 is 0 Å². The van der Waals surface area contributed by atoms with Gasteiger partial charge in [-0.3, -0.25) is 9.59 Å². The lowest BCUT2D eigenvalue weighted by Gasteiger charge is -2.24. The number of carbonyl (C=O) groups excluding carboxylic acids is 1. The summed E-state index contributed by atoms with van der Waals surface area (Å²) >= 11 is 12.1. The molecule has 0 unspecified atom stereocenters. The zero-order valence-electron chi connectivity index (χ0n) is 17.8. The van der Waals surface area contributed by atoms with E-state index in [1.165, 1.54) is 11.6 Å². The third-order valence-electron chi connectivity index (χ3n) is 4.74. The van der Waals surface area contributed by atoms with Crippen molar-refractivity contribution < 1.29 is 33.3 Å². The number of carbonyl (C=O) groups is 1. The van der Waals surface area contributed by atoms with E-state index in [1.54, 1.807) is 36.4 Å². The van der Waals surface area contributed by atoms with Crippen molar-refractivity contribution in [2.45, 2.75) is 13.5 Å². The number of hydrogen-bond donors (Lipinski definition) is 0. The van der Waals surface area contributed by atoms with E-state index in [-0.39, 0.29) is 35.3 Å². The first kappa shape index (κ1) is 25.5. The molecule has 164 valence electrons. The van der Waals surface area contributed by atoms with Crippen molar-refractivity contribution >= 4 is 29.0 Å². The van der Waals surface area contributed by atoms with E-state index in [2.05, 4.69) is 5.10 Å². The summed E-state index contributed by atoms with van der Waals surface area (Å²) < 4.78 is 2.06. The highest BCUT2D eigenvalue weighted by atomic mass is 127. The number of rotatable bonds is 6. The molecule has 0 aliphatic rings. The Hall–Kier alpha value is -1.74. The number of likely N-dealkylation sites (N-methyl/N-ethyl adjacent to an activating group) is 1. The lowest BCUT2D eigenvalue weighted by Crippen LogP contribution is -3.00. The van der Waals surface area contributed by atoms with E-state index in [4.69, 9.17) is 23.2 Å². The van der Waals surface area contributed by atoms with Gasteiger partial charge in [-0.1, -0.05) is 47.5 Å². The van der Waals surface area contributed by atoms with Gasteiger partial charge in [-0.15, -0.1) is 0 Å². The molecule has 8 heteroatoms. The molecule has 0 N–H and O–H groups in total. The van der Waals surface area contributed by atoms with Crippen molar-refractivity contribution in [3.05, 3.63) is 74.5 Å². The van der Waals surface area contributed by atoms with Gasteiger partial charge in [-0.25, -0.2) is 4.68 Å². The third-order valence-corrected chi connectivity index (χ3v) is 5.25. The van der Waals surface area contributed by atoms with Gasteiger partial charge in [0.2, 0.25) is 0 Å². The summed E-state index contributed by atoms with van der Waals surface area (Å²) in [7, 11) is 6.12. The van der Waals surface area contributed by atoms with Crippen LogP contribution in [-0.4, -0.2) is 47.7 Å². The van der Waals surface area contributed by atoms with Gasteiger partial charge in [0.05, 0.1) is 45.5 Å². The highest BCUT2D eigenvalue weighted by molar-refractivity contribution is 6.31. The summed E-state index contributed by atoms with van der Waals surface area (Å²) in [4.78, 5) is 25.9. The number of halogens is 3. The van der Waals surface area contributed by atoms with E-state index in [0.717, 1.165) is 5.56 Å². The molecule has 31 heavy (non-hydrogen) atoms. The number of hydrogen-bond acceptors (Lipinski definition) is 3. The molecule has 3 rings (SSSR count). The number of quaternary nitrogens is 1. The highest BCUT2D eigenvalue weighted by Crippen LogP contribution is 2.33. The molecule has 0 spiro atoms. The summed E-state index contributed by atoms with van der Waals surface area (Å²) in [5, 5.41) is 5.85. The maximum absolute atomic E-state index is 13.3. The molecular weight excluding hydrogens is 548 g/mol. The Balaban J connectivity index is 0.00000341. The average Bonchev–Trinajstić information content (AvgIpc) is 2.67. The van der Waals surface area contributed by atoms with Gasteiger partial charge in [-0.05, 0) is 36.8 Å². The van der Waals surface area contributed by atoms with E-state index in [0.29, 0.717) is 44.4 Å². The first-order valence-electron chi connectivity index (χ1n) is 9.55. The van der Waals surface area contributed by atoms with Crippen molar-refractivity contribution in [2.75, 3.05) is 27.7 Å². The number of benzene rings is 2. The number of ketones is 1. The molecule has 0 fully saturated rings. The van der Waals surface area contributed by atoms with Crippen LogP contribution in [0.15, 0.2) is 53.3 Å². The zero-order valence-corrected chi connectivity index (χ0v) is 21.5. The number of Topliss-reactive ketones (excluding diaryl/α,β-unsaturated/α-hetero) is 1. The Kier molecular flexibility index (Phi) is 8.44. The second kappa shape index (κ2) is 10.3. The standard InChI is InChI=1S/C23H24Cl2N3O2.HI/c1-15(29)20-21(16-5-9-18(24)10-6-16)22(17-7-11-19(25)12-8-17)26-27(23(20)30)13-14-28(2,3)4;/h5-12H,13-14H2,1-4H3;1H/q+1;/p-1. The van der Waals surface area contributed by atoms with Crippen LogP contribution in [0.4, 0.5) is 0 Å². The molecule has 0 amide bonds. The SMILES string of the molecule is CC(=O)c1c(-c2ccc(Cl)cc2)c(-c2ccc(Cl)cc2)nn(CC[N+](C)(C)C)c1=O.[I-]. The minimum Gasteiger partial charge on any atom is -1.00 e. The van der Waals surface area contributed by atoms with E-state index in [1.807, 2.05) is 33.3 Å². The summed E-state index contributed by atoms with van der Waals surface area (Å²) in [6.07, 6.45) is 0. The predicted octanol–water partition coefficient (Wildman–Crippen LogP) is 1.80. The summed E-state index contributed by atoms with van der Waals surface area (Å²) in [6.45, 7) is 2.49. The molecule has 0 bridgehead atoms. The summed E-state index contributed by atoms with van der Waals surface area (Å²) in [6, 6.07) is 14.2. The monoisotopic (exact) mass is 571 g/mol. The second-order valence-electron chi connectivity index (χ2n) is 8.21. The molecule has 0 radical (unpaired) electrons. The van der Waals surface area contributed by atoms with Gasteiger partial charge in [-0.2, -0.15) is 5.10 Å². The minimum atomic E-state index is -0.390. The zero-order chi connectivity index (χ0) is 22.1. The topological polar surface area (TPSA) is 52.0 Å². The van der Waals surface area contributed by atoms with E-state index in [9.17, 15) is 9.59 Å². The highest BCUT2D eigenvalue weighted by Gasteiger charge is 2.23. The normalized spacial score (nSPS) is 11.2. The van der Waals surface area contributed by atoms with Crippen molar-refractivity contribution in [2.24, 2.45) is 0 Å². The Morgan fingerprint density at radius 2 is 1.42 bits per heavy atom. The molecule has 0 saturated carbocycles. The third kappa shape index (κ3) is 6.16. The molecule has 1 heterocycles. The molecule has 1 aromatic heterocycles. The van der Waals surface area contributed by atoms with Crippen molar-refractivity contribution in [1.29, 1.82) is 0 Å². The summed E-state index contributed by atoms with van der Waals surface area (Å²) in [5.74, 6) is -0.304. The minimum absolute atomic E-state index is 0. The lowest BCUT2D eigenvalue weighted by molar-refractivity contribution is -0.871. The van der Waals surface area contributed by atoms with Gasteiger partial charge in [0.15, 0.2) is 5.78 Å². The fraction of sp³-hybridized carbons (Fsp3) is 0.261. The van der Waals surface area contributed by atoms with Crippen LogP contribution in [-0.2, 0) is 6.54 Å². The predicted molar refractivity (Wildman–Crippen MR) is 122 cm³/mol. The lowest BCUT2D eigenvalue weighted by atomic mass is 9.94. The molecule has 5 nitrogen and oxygen atoms in total. The van der Waals surface area contributed by atoms with Crippen LogP contribution >= 0.6 is 23.2 Å². The van der Waals surface area contributed by atoms with Crippen LogP contribution in [0.2, 0.25) is 10.0 Å². The smallest absolute Gasteiger partial charge is 0.278 e. The average molecular weight is 572 g/mol.